The van der Waals surface area contributed by atoms with E-state index in [-0.39, 0.29) is 0 Å². The van der Waals surface area contributed by atoms with Gasteiger partial charge in [0.05, 0.1) is 11.7 Å². The maximum absolute atomic E-state index is 4.61. The van der Waals surface area contributed by atoms with Crippen LogP contribution in [0.5, 0.6) is 0 Å². The lowest BCUT2D eigenvalue weighted by Crippen LogP contribution is -2.22. The molecule has 0 aliphatic carbocycles. The molecule has 1 aromatic heterocycles. The lowest BCUT2D eigenvalue weighted by molar-refractivity contribution is 0.399. The van der Waals surface area contributed by atoms with E-state index in [4.69, 9.17) is 0 Å². The molecule has 3 heteroatoms. The van der Waals surface area contributed by atoms with Crippen molar-refractivity contribution < 1.29 is 0 Å². The van der Waals surface area contributed by atoms with Crippen molar-refractivity contribution in [2.24, 2.45) is 5.92 Å². The molecule has 0 saturated carbocycles. The van der Waals surface area contributed by atoms with Crippen molar-refractivity contribution in [1.29, 1.82) is 0 Å². The fourth-order valence-corrected chi connectivity index (χ4v) is 2.68. The summed E-state index contributed by atoms with van der Waals surface area (Å²) in [7, 11) is 2.02. The van der Waals surface area contributed by atoms with Crippen molar-refractivity contribution in [3.8, 4) is 0 Å². The largest absolute Gasteiger partial charge is 0.311 e. The first kappa shape index (κ1) is 11.7. The number of aromatic nitrogens is 1. The van der Waals surface area contributed by atoms with E-state index in [9.17, 15) is 0 Å². The van der Waals surface area contributed by atoms with Crippen molar-refractivity contribution in [2.45, 2.75) is 40.2 Å². The van der Waals surface area contributed by atoms with E-state index in [0.29, 0.717) is 12.0 Å². The molecule has 1 N–H and O–H groups in total. The van der Waals surface area contributed by atoms with E-state index < -0.39 is 0 Å². The average molecular weight is 212 g/mol. The van der Waals surface area contributed by atoms with Crippen molar-refractivity contribution >= 4 is 11.3 Å². The predicted octanol–water partition coefficient (Wildman–Crippen LogP) is 3.07. The maximum atomic E-state index is 4.61. The molecule has 2 nitrogen and oxygen atoms in total. The van der Waals surface area contributed by atoms with Crippen LogP contribution in [0.15, 0.2) is 0 Å². The smallest absolute Gasteiger partial charge is 0.110 e. The van der Waals surface area contributed by atoms with Gasteiger partial charge >= 0.3 is 0 Å². The molecule has 2 unspecified atom stereocenters. The quantitative estimate of drug-likeness (QED) is 0.829. The topological polar surface area (TPSA) is 24.9 Å². The lowest BCUT2D eigenvalue weighted by Gasteiger charge is -2.19. The summed E-state index contributed by atoms with van der Waals surface area (Å²) in [5, 5.41) is 4.59. The van der Waals surface area contributed by atoms with E-state index >= 15 is 0 Å². The number of thiazole rings is 1. The van der Waals surface area contributed by atoms with Gasteiger partial charge in [-0.3, -0.25) is 0 Å². The number of hydrogen-bond donors (Lipinski definition) is 1. The minimum absolute atomic E-state index is 0.414. The van der Waals surface area contributed by atoms with Crippen LogP contribution in [0.25, 0.3) is 0 Å². The molecule has 0 fully saturated rings. The average Bonchev–Trinajstić information content (AvgIpc) is 2.48. The minimum Gasteiger partial charge on any atom is -0.311 e. The Labute approximate surface area is 90.8 Å². The molecule has 0 aliphatic heterocycles. The lowest BCUT2D eigenvalue weighted by atomic mass is 10.00. The van der Waals surface area contributed by atoms with E-state index in [1.807, 2.05) is 18.4 Å². The van der Waals surface area contributed by atoms with E-state index in [0.717, 1.165) is 0 Å². The Kier molecular flexibility index (Phi) is 4.08. The van der Waals surface area contributed by atoms with Gasteiger partial charge in [0.25, 0.3) is 0 Å². The molecule has 0 amide bonds. The molecule has 80 valence electrons. The zero-order valence-electron chi connectivity index (χ0n) is 9.72. The summed E-state index contributed by atoms with van der Waals surface area (Å²) >= 11 is 1.82. The van der Waals surface area contributed by atoms with Gasteiger partial charge in [0.2, 0.25) is 0 Å². The normalized spacial score (nSPS) is 15.5. The zero-order valence-corrected chi connectivity index (χ0v) is 10.5. The summed E-state index contributed by atoms with van der Waals surface area (Å²) < 4.78 is 0. The third-order valence-corrected chi connectivity index (χ3v) is 3.99. The first-order valence-electron chi connectivity index (χ1n) is 5.21. The second kappa shape index (κ2) is 4.89. The first-order valence-corrected chi connectivity index (χ1v) is 6.03. The highest BCUT2D eigenvalue weighted by Gasteiger charge is 2.19. The molecule has 1 heterocycles. The Morgan fingerprint density at radius 3 is 2.43 bits per heavy atom. The standard InChI is InChI=1S/C11H20N2S/c1-6-7(2)10(12-5)11-13-8(3)9(4)14-11/h7,10,12H,6H2,1-5H3. The highest BCUT2D eigenvalue weighted by molar-refractivity contribution is 7.11. The van der Waals surface area contributed by atoms with Crippen LogP contribution in [-0.4, -0.2) is 12.0 Å². The first-order chi connectivity index (χ1) is 6.60. The van der Waals surface area contributed by atoms with Crippen molar-refractivity contribution in [3.63, 3.8) is 0 Å². The summed E-state index contributed by atoms with van der Waals surface area (Å²) in [6, 6.07) is 0.414. The monoisotopic (exact) mass is 212 g/mol. The third-order valence-electron chi connectivity index (χ3n) is 2.84. The van der Waals surface area contributed by atoms with Gasteiger partial charge in [0, 0.05) is 4.88 Å². The highest BCUT2D eigenvalue weighted by Crippen LogP contribution is 2.28. The molecule has 2 atom stereocenters. The molecule has 0 aromatic carbocycles. The van der Waals surface area contributed by atoms with Gasteiger partial charge in [0.1, 0.15) is 5.01 Å². The van der Waals surface area contributed by atoms with Crippen LogP contribution in [0.1, 0.15) is 41.9 Å². The second-order valence-corrected chi connectivity index (χ2v) is 5.08. The fraction of sp³-hybridized carbons (Fsp3) is 0.727. The number of hydrogen-bond acceptors (Lipinski definition) is 3. The molecule has 14 heavy (non-hydrogen) atoms. The molecular weight excluding hydrogens is 192 g/mol. The van der Waals surface area contributed by atoms with Crippen LogP contribution in [0.2, 0.25) is 0 Å². The summed E-state index contributed by atoms with van der Waals surface area (Å²) in [6.45, 7) is 8.72. The minimum atomic E-state index is 0.414. The van der Waals surface area contributed by atoms with Gasteiger partial charge < -0.3 is 5.32 Å². The molecule has 1 rings (SSSR count). The van der Waals surface area contributed by atoms with Crippen LogP contribution >= 0.6 is 11.3 Å². The van der Waals surface area contributed by atoms with Gasteiger partial charge in [-0.15, -0.1) is 11.3 Å². The van der Waals surface area contributed by atoms with Gasteiger partial charge in [-0.05, 0) is 26.8 Å². The molecular formula is C11H20N2S. The Morgan fingerprint density at radius 2 is 2.07 bits per heavy atom. The Hall–Kier alpha value is -0.410. The van der Waals surface area contributed by atoms with E-state index in [2.05, 4.69) is 38.0 Å². The van der Waals surface area contributed by atoms with Crippen LogP contribution in [0, 0.1) is 19.8 Å². The number of rotatable bonds is 4. The predicted molar refractivity (Wildman–Crippen MR) is 62.8 cm³/mol. The van der Waals surface area contributed by atoms with Crippen molar-refractivity contribution in [1.82, 2.24) is 10.3 Å². The van der Waals surface area contributed by atoms with Gasteiger partial charge in [-0.25, -0.2) is 4.98 Å². The van der Waals surface area contributed by atoms with Crippen LogP contribution in [0.3, 0.4) is 0 Å². The van der Waals surface area contributed by atoms with E-state index in [1.165, 1.54) is 22.0 Å². The number of nitrogens with zero attached hydrogens (tertiary/aromatic N) is 1. The van der Waals surface area contributed by atoms with Crippen LogP contribution in [-0.2, 0) is 0 Å². The maximum Gasteiger partial charge on any atom is 0.110 e. The van der Waals surface area contributed by atoms with Gasteiger partial charge in [0.15, 0.2) is 0 Å². The van der Waals surface area contributed by atoms with Crippen molar-refractivity contribution in [2.75, 3.05) is 7.05 Å². The summed E-state index contributed by atoms with van der Waals surface area (Å²) in [4.78, 5) is 5.94. The molecule has 0 radical (unpaired) electrons. The zero-order chi connectivity index (χ0) is 10.7. The fourth-order valence-electron chi connectivity index (χ4n) is 1.52. The Balaban J connectivity index is 2.89. The van der Waals surface area contributed by atoms with Crippen LogP contribution in [0.4, 0.5) is 0 Å². The molecule has 1 aromatic rings. The van der Waals surface area contributed by atoms with Crippen LogP contribution < -0.4 is 5.32 Å². The molecule has 0 aliphatic rings. The molecule has 0 saturated heterocycles. The third kappa shape index (κ3) is 2.34. The number of nitrogens with one attached hydrogen (secondary N) is 1. The molecule has 0 spiro atoms. The second-order valence-electron chi connectivity index (χ2n) is 3.85. The Morgan fingerprint density at radius 1 is 1.43 bits per heavy atom. The summed E-state index contributed by atoms with van der Waals surface area (Å²) in [5.74, 6) is 0.643. The van der Waals surface area contributed by atoms with Crippen molar-refractivity contribution in [3.05, 3.63) is 15.6 Å². The highest BCUT2D eigenvalue weighted by atomic mass is 32.1. The summed E-state index contributed by atoms with van der Waals surface area (Å²) in [6.07, 6.45) is 1.18. The van der Waals surface area contributed by atoms with Gasteiger partial charge in [-0.1, -0.05) is 20.3 Å². The molecule has 0 bridgehead atoms. The SMILES string of the molecule is CCC(C)C(NC)c1nc(C)c(C)s1. The van der Waals surface area contributed by atoms with Gasteiger partial charge in [-0.2, -0.15) is 0 Å². The summed E-state index contributed by atoms with van der Waals surface area (Å²) in [5.41, 5.74) is 1.17. The van der Waals surface area contributed by atoms with E-state index in [1.54, 1.807) is 0 Å². The number of aryl methyl sites for hydroxylation is 2. The Bertz CT molecular complexity index is 274.